The fraction of sp³-hybridized carbons (Fsp3) is 0.514. The summed E-state index contributed by atoms with van der Waals surface area (Å²) in [5, 5.41) is 10.6. The van der Waals surface area contributed by atoms with Crippen LogP contribution in [0.15, 0.2) is 53.5 Å². The first kappa shape index (κ1) is 37.8. The summed E-state index contributed by atoms with van der Waals surface area (Å²) < 4.78 is 83.0. The van der Waals surface area contributed by atoms with Gasteiger partial charge >= 0.3 is 19.3 Å². The Balaban J connectivity index is 1.16. The van der Waals surface area contributed by atoms with Crippen LogP contribution in [0.25, 0.3) is 0 Å². The molecule has 3 aromatic rings. The molecule has 288 valence electrons. The highest BCUT2D eigenvalue weighted by Gasteiger charge is 2.67. The Bertz CT molecular complexity index is 2030. The van der Waals surface area contributed by atoms with E-state index in [1.165, 1.54) is 25.3 Å². The minimum atomic E-state index is -4.56. The van der Waals surface area contributed by atoms with Crippen LogP contribution in [0.2, 0.25) is 0 Å². The van der Waals surface area contributed by atoms with Gasteiger partial charge in [0.2, 0.25) is 5.91 Å². The topological polar surface area (TPSA) is 136 Å². The van der Waals surface area contributed by atoms with E-state index in [-0.39, 0.29) is 41.6 Å². The number of rotatable bonds is 9. The van der Waals surface area contributed by atoms with Gasteiger partial charge in [0.05, 0.1) is 34.9 Å². The van der Waals surface area contributed by atoms with Gasteiger partial charge in [-0.25, -0.2) is 18.6 Å². The minimum Gasteiger partial charge on any atom is -0.404 e. The third kappa shape index (κ3) is 6.52. The van der Waals surface area contributed by atoms with Gasteiger partial charge in [0.15, 0.2) is 0 Å². The summed E-state index contributed by atoms with van der Waals surface area (Å²) >= 11 is 0. The van der Waals surface area contributed by atoms with Crippen LogP contribution in [0.1, 0.15) is 83.3 Å². The van der Waals surface area contributed by atoms with Crippen molar-refractivity contribution in [3.8, 4) is 0 Å². The monoisotopic (exact) mass is 756 g/mol. The summed E-state index contributed by atoms with van der Waals surface area (Å²) in [6.45, 7) is 9.75. The number of fused-ring (bicyclic) bond motifs is 1. The number of aromatic nitrogens is 2. The largest absolute Gasteiger partial charge is 0.481 e. The Morgan fingerprint density at radius 3 is 2.44 bits per heavy atom. The molecule has 0 spiro atoms. The number of halogens is 5. The minimum absolute atomic E-state index is 0.0247. The predicted molar refractivity (Wildman–Crippen MR) is 189 cm³/mol. The summed E-state index contributed by atoms with van der Waals surface area (Å²) in [7, 11) is -0.758. The molecule has 3 amide bonds. The van der Waals surface area contributed by atoms with Crippen molar-refractivity contribution in [2.24, 2.45) is 17.3 Å². The lowest BCUT2D eigenvalue weighted by atomic mass is 9.45. The maximum absolute atomic E-state index is 14.4. The third-order valence-electron chi connectivity index (χ3n) is 12.0. The number of amides is 3. The highest BCUT2D eigenvalue weighted by molar-refractivity contribution is 6.47. The van der Waals surface area contributed by atoms with Crippen LogP contribution in [0.3, 0.4) is 0 Å². The van der Waals surface area contributed by atoms with Gasteiger partial charge in [-0.3, -0.25) is 14.2 Å². The lowest BCUT2D eigenvalue weighted by molar-refractivity contribution is -0.185. The smallest absolute Gasteiger partial charge is 0.404 e. The van der Waals surface area contributed by atoms with Crippen LogP contribution in [0, 0.1) is 28.9 Å². The van der Waals surface area contributed by atoms with Gasteiger partial charge < -0.3 is 30.6 Å². The molecule has 1 aromatic heterocycles. The van der Waals surface area contributed by atoms with Crippen molar-refractivity contribution in [2.45, 2.75) is 102 Å². The van der Waals surface area contributed by atoms with Crippen molar-refractivity contribution in [3.05, 3.63) is 87.6 Å². The van der Waals surface area contributed by atoms with Gasteiger partial charge in [-0.2, -0.15) is 13.2 Å². The number of nitrogens with one attached hydrogen (secondary N) is 4. The zero-order valence-corrected chi connectivity index (χ0v) is 30.4. The van der Waals surface area contributed by atoms with E-state index in [0.29, 0.717) is 18.3 Å². The molecule has 11 nitrogen and oxygen atoms in total. The summed E-state index contributed by atoms with van der Waals surface area (Å²) in [5.41, 5.74) is -4.04. The highest BCUT2D eigenvalue weighted by Crippen LogP contribution is 2.64. The Hall–Kier alpha value is -4.51. The number of hydrogen-bond acceptors (Lipinski definition) is 7. The Morgan fingerprint density at radius 1 is 1.07 bits per heavy atom. The van der Waals surface area contributed by atoms with E-state index in [0.717, 1.165) is 47.7 Å². The van der Waals surface area contributed by atoms with E-state index in [1.807, 2.05) is 13.8 Å². The number of anilines is 2. The van der Waals surface area contributed by atoms with Crippen molar-refractivity contribution in [1.82, 2.24) is 20.2 Å². The van der Waals surface area contributed by atoms with Gasteiger partial charge in [-0.1, -0.05) is 39.0 Å². The molecule has 2 unspecified atom stereocenters. The fourth-order valence-corrected chi connectivity index (χ4v) is 8.80. The number of hydrogen-bond donors (Lipinski definition) is 4. The SMILES string of the molecule is CC[C@H](NC(=O)[C@@H]1C[C@@](C)(NC(=O)Nc2c(F)cccc2F)c2ncc(NCc3cccc(C(F)(F)F)c3)c(=O)n21)B1O[C@@H]2C3CC(C[C@]2(C)O1)C3(C)C. The molecular formula is C37H42BF5N6O5. The van der Waals surface area contributed by atoms with Crippen LogP contribution < -0.4 is 26.8 Å². The third-order valence-corrected chi connectivity index (χ3v) is 12.0. The molecule has 8 rings (SSSR count). The summed E-state index contributed by atoms with van der Waals surface area (Å²) in [5.74, 6) is -2.44. The van der Waals surface area contributed by atoms with E-state index >= 15 is 0 Å². The van der Waals surface area contributed by atoms with Crippen LogP contribution in [0.5, 0.6) is 0 Å². The molecule has 3 heterocycles. The summed E-state index contributed by atoms with van der Waals surface area (Å²) in [4.78, 5) is 46.0. The second kappa shape index (κ2) is 13.4. The summed E-state index contributed by atoms with van der Waals surface area (Å²) in [6, 6.07) is 5.44. The quantitative estimate of drug-likeness (QED) is 0.149. The number of carbonyl (C=O) groups is 2. The van der Waals surface area contributed by atoms with Crippen molar-refractivity contribution < 1.29 is 40.8 Å². The van der Waals surface area contributed by atoms with Crippen molar-refractivity contribution >= 4 is 30.4 Å². The van der Waals surface area contributed by atoms with Gasteiger partial charge in [-0.05, 0) is 80.2 Å². The lowest BCUT2D eigenvalue weighted by Crippen LogP contribution is -2.63. The van der Waals surface area contributed by atoms with Gasteiger partial charge in [0.1, 0.15) is 34.9 Å². The van der Waals surface area contributed by atoms with Gasteiger partial charge in [0, 0.05) is 13.0 Å². The average molecular weight is 757 g/mol. The fourth-order valence-electron chi connectivity index (χ4n) is 8.80. The molecule has 2 aromatic carbocycles. The second-order valence-corrected chi connectivity index (χ2v) is 15.9. The first-order valence-corrected chi connectivity index (χ1v) is 18.0. The number of nitrogens with zero attached hydrogens (tertiary/aromatic N) is 2. The molecule has 4 fully saturated rings. The zero-order chi connectivity index (χ0) is 39.0. The number of para-hydroxylation sites is 1. The normalized spacial score (nSPS) is 28.4. The number of urea groups is 1. The molecule has 3 saturated carbocycles. The molecule has 1 saturated heterocycles. The molecule has 5 aliphatic rings. The van der Waals surface area contributed by atoms with E-state index in [2.05, 4.69) is 40.1 Å². The van der Waals surface area contributed by atoms with E-state index < -0.39 is 76.8 Å². The van der Waals surface area contributed by atoms with E-state index in [4.69, 9.17) is 9.31 Å². The average Bonchev–Trinajstić information content (AvgIpc) is 3.62. The number of alkyl halides is 3. The molecule has 3 aliphatic carbocycles. The highest BCUT2D eigenvalue weighted by atomic mass is 19.4. The standard InChI is InChI=1S/C37H42BF5N6O5/c1-6-27(38-53-29-22-14-21(34(22,2)3)15-36(29,5)54-38)46-30(50)26-16-35(4,48-33(52)47-28-23(39)11-8-12-24(28)40)32-45-18-25(31(51)49(26)32)44-17-19-9-7-10-20(13-19)37(41,42)43/h7-13,18,21-22,26-27,29,44H,6,14-17H2,1-5H3,(H,46,50)(H2,47,48,52)/t21?,22?,26-,27-,29+,35+,36-/m0/s1. The van der Waals surface area contributed by atoms with Gasteiger partial charge in [0.25, 0.3) is 5.56 Å². The predicted octanol–water partition coefficient (Wildman–Crippen LogP) is 6.30. The molecule has 17 heteroatoms. The summed E-state index contributed by atoms with van der Waals surface area (Å²) in [6.07, 6.45) is -1.43. The maximum Gasteiger partial charge on any atom is 0.481 e. The van der Waals surface area contributed by atoms with Crippen LogP contribution in [0.4, 0.5) is 38.1 Å². The first-order chi connectivity index (χ1) is 25.3. The molecule has 2 bridgehead atoms. The number of carbonyl (C=O) groups excluding carboxylic acids is 2. The Labute approximate surface area is 308 Å². The van der Waals surface area contributed by atoms with Crippen molar-refractivity contribution in [2.75, 3.05) is 10.6 Å². The molecule has 2 aliphatic heterocycles. The first-order valence-electron chi connectivity index (χ1n) is 18.0. The maximum atomic E-state index is 14.4. The Kier molecular flexibility index (Phi) is 9.35. The molecular weight excluding hydrogens is 714 g/mol. The molecule has 54 heavy (non-hydrogen) atoms. The van der Waals surface area contributed by atoms with Gasteiger partial charge in [-0.15, -0.1) is 0 Å². The van der Waals surface area contributed by atoms with Crippen LogP contribution >= 0.6 is 0 Å². The Morgan fingerprint density at radius 2 is 1.78 bits per heavy atom. The zero-order valence-electron chi connectivity index (χ0n) is 30.4. The van der Waals surface area contributed by atoms with Crippen molar-refractivity contribution in [3.63, 3.8) is 0 Å². The van der Waals surface area contributed by atoms with Crippen LogP contribution in [-0.2, 0) is 32.4 Å². The molecule has 0 radical (unpaired) electrons. The van der Waals surface area contributed by atoms with E-state index in [9.17, 15) is 36.3 Å². The lowest BCUT2D eigenvalue weighted by Gasteiger charge is -2.63. The molecule has 4 N–H and O–H groups in total. The second-order valence-electron chi connectivity index (χ2n) is 15.9. The molecule has 7 atom stereocenters. The van der Waals surface area contributed by atoms with Crippen LogP contribution in [-0.4, -0.2) is 46.3 Å². The van der Waals surface area contributed by atoms with E-state index in [1.54, 1.807) is 0 Å². The van der Waals surface area contributed by atoms with Crippen molar-refractivity contribution in [1.29, 1.82) is 0 Å². The number of benzene rings is 2.